The number of aromatic nitrogens is 1. The summed E-state index contributed by atoms with van der Waals surface area (Å²) < 4.78 is 32.1. The Hall–Kier alpha value is -2.46. The van der Waals surface area contributed by atoms with E-state index < -0.39 is 22.0 Å². The van der Waals surface area contributed by atoms with Gasteiger partial charge in [0.2, 0.25) is 0 Å². The SMILES string of the molecule is CC[C@H]1Oc2ccc(S(=O)(=O)NC(=O)c3cncs3)cc2NC1=O. The molecular formula is C14H13N3O5S2. The first-order chi connectivity index (χ1) is 11.4. The number of amides is 2. The lowest BCUT2D eigenvalue weighted by Crippen LogP contribution is -2.36. The van der Waals surface area contributed by atoms with Crippen LogP contribution in [0.15, 0.2) is 34.8 Å². The van der Waals surface area contributed by atoms with Crippen LogP contribution >= 0.6 is 11.3 Å². The summed E-state index contributed by atoms with van der Waals surface area (Å²) in [5.41, 5.74) is 1.68. The van der Waals surface area contributed by atoms with Gasteiger partial charge in [0, 0.05) is 0 Å². The average molecular weight is 367 g/mol. The van der Waals surface area contributed by atoms with Crippen molar-refractivity contribution in [3.05, 3.63) is 34.8 Å². The van der Waals surface area contributed by atoms with E-state index in [1.807, 2.05) is 11.6 Å². The maximum absolute atomic E-state index is 12.3. The summed E-state index contributed by atoms with van der Waals surface area (Å²) in [5, 5.41) is 2.61. The highest BCUT2D eigenvalue weighted by atomic mass is 32.2. The lowest BCUT2D eigenvalue weighted by Gasteiger charge is -2.25. The Bertz CT molecular complexity index is 893. The van der Waals surface area contributed by atoms with Crippen molar-refractivity contribution in [1.29, 1.82) is 0 Å². The fraction of sp³-hybridized carbons (Fsp3) is 0.214. The van der Waals surface area contributed by atoms with Crippen molar-refractivity contribution in [1.82, 2.24) is 9.71 Å². The van der Waals surface area contributed by atoms with Gasteiger partial charge in [-0.1, -0.05) is 6.92 Å². The molecule has 2 aromatic rings. The fourth-order valence-corrected chi connectivity index (χ4v) is 3.70. The van der Waals surface area contributed by atoms with Crippen LogP contribution in [0.2, 0.25) is 0 Å². The first kappa shape index (κ1) is 16.4. The second-order valence-corrected chi connectivity index (χ2v) is 7.53. The molecule has 0 fully saturated rings. The maximum atomic E-state index is 12.3. The van der Waals surface area contributed by atoms with Gasteiger partial charge in [-0.2, -0.15) is 0 Å². The third-order valence-electron chi connectivity index (χ3n) is 3.33. The number of hydrogen-bond donors (Lipinski definition) is 2. The number of ether oxygens (including phenoxy) is 1. The van der Waals surface area contributed by atoms with Crippen molar-refractivity contribution < 1.29 is 22.7 Å². The number of carbonyl (C=O) groups excluding carboxylic acids is 2. The van der Waals surface area contributed by atoms with Crippen LogP contribution < -0.4 is 14.8 Å². The first-order valence-corrected chi connectivity index (χ1v) is 9.34. The molecule has 2 heterocycles. The topological polar surface area (TPSA) is 114 Å². The van der Waals surface area contributed by atoms with E-state index in [1.165, 1.54) is 29.9 Å². The Kier molecular flexibility index (Phi) is 4.24. The highest BCUT2D eigenvalue weighted by Gasteiger charge is 2.28. The molecule has 1 atom stereocenters. The molecule has 1 aromatic carbocycles. The number of anilines is 1. The van der Waals surface area contributed by atoms with Crippen molar-refractivity contribution in [2.45, 2.75) is 24.3 Å². The fourth-order valence-electron chi connectivity index (χ4n) is 2.12. The predicted molar refractivity (Wildman–Crippen MR) is 86.5 cm³/mol. The molecule has 1 aliphatic heterocycles. The van der Waals surface area contributed by atoms with E-state index in [2.05, 4.69) is 10.3 Å². The van der Waals surface area contributed by atoms with Crippen LogP contribution in [0.3, 0.4) is 0 Å². The Morgan fingerprint density at radius 2 is 2.25 bits per heavy atom. The molecule has 0 spiro atoms. The van der Waals surface area contributed by atoms with Crippen molar-refractivity contribution in [3.63, 3.8) is 0 Å². The van der Waals surface area contributed by atoms with Crippen molar-refractivity contribution >= 4 is 38.9 Å². The number of fused-ring (bicyclic) bond motifs is 1. The molecular weight excluding hydrogens is 354 g/mol. The molecule has 3 rings (SSSR count). The number of nitrogens with zero attached hydrogens (tertiary/aromatic N) is 1. The summed E-state index contributed by atoms with van der Waals surface area (Å²) in [6, 6.07) is 4.01. The predicted octanol–water partition coefficient (Wildman–Crippen LogP) is 1.37. The monoisotopic (exact) mass is 367 g/mol. The summed E-state index contributed by atoms with van der Waals surface area (Å²) in [6.45, 7) is 1.81. The molecule has 10 heteroatoms. The molecule has 24 heavy (non-hydrogen) atoms. The molecule has 0 radical (unpaired) electrons. The van der Waals surface area contributed by atoms with Crippen LogP contribution in [-0.2, 0) is 14.8 Å². The molecule has 1 aliphatic rings. The van der Waals surface area contributed by atoms with Gasteiger partial charge in [0.05, 0.1) is 22.3 Å². The average Bonchev–Trinajstić information content (AvgIpc) is 3.07. The Morgan fingerprint density at radius 3 is 2.92 bits per heavy atom. The standard InChI is InChI=1S/C14H13N3O5S2/c1-2-10-13(18)16-9-5-8(3-4-11(9)22-10)24(20,21)17-14(19)12-6-15-7-23-12/h3-7,10H,2H2,1H3,(H,16,18)(H,17,19)/t10-/m1/s1. The second-order valence-electron chi connectivity index (χ2n) is 4.96. The zero-order valence-electron chi connectivity index (χ0n) is 12.5. The number of benzene rings is 1. The normalized spacial score (nSPS) is 16.7. The zero-order valence-corrected chi connectivity index (χ0v) is 14.1. The van der Waals surface area contributed by atoms with E-state index in [0.29, 0.717) is 12.2 Å². The molecule has 0 bridgehead atoms. The van der Waals surface area contributed by atoms with Gasteiger partial charge in [-0.3, -0.25) is 14.6 Å². The third-order valence-corrected chi connectivity index (χ3v) is 5.44. The quantitative estimate of drug-likeness (QED) is 0.843. The van der Waals surface area contributed by atoms with Crippen LogP contribution in [0.1, 0.15) is 23.0 Å². The van der Waals surface area contributed by atoms with Crippen LogP contribution in [0.25, 0.3) is 0 Å². The van der Waals surface area contributed by atoms with E-state index in [1.54, 1.807) is 0 Å². The Balaban J connectivity index is 1.86. The second kappa shape index (κ2) is 6.21. The van der Waals surface area contributed by atoms with Crippen molar-refractivity contribution in [2.75, 3.05) is 5.32 Å². The van der Waals surface area contributed by atoms with E-state index in [4.69, 9.17) is 4.74 Å². The number of rotatable bonds is 4. The van der Waals surface area contributed by atoms with Gasteiger partial charge in [-0.15, -0.1) is 11.3 Å². The summed E-state index contributed by atoms with van der Waals surface area (Å²) >= 11 is 1.03. The van der Waals surface area contributed by atoms with E-state index in [9.17, 15) is 18.0 Å². The minimum atomic E-state index is -4.08. The third kappa shape index (κ3) is 3.10. The Labute approximate surface area is 141 Å². The zero-order chi connectivity index (χ0) is 17.3. The Morgan fingerprint density at radius 1 is 1.46 bits per heavy atom. The molecule has 2 N–H and O–H groups in total. The van der Waals surface area contributed by atoms with Gasteiger partial charge in [-0.05, 0) is 24.6 Å². The number of sulfonamides is 1. The van der Waals surface area contributed by atoms with Crippen molar-refractivity contribution in [3.8, 4) is 5.75 Å². The molecule has 2 amide bonds. The minimum absolute atomic E-state index is 0.155. The molecule has 0 unspecified atom stereocenters. The number of thiazole rings is 1. The smallest absolute Gasteiger partial charge is 0.276 e. The summed E-state index contributed by atoms with van der Waals surface area (Å²) in [4.78, 5) is 27.5. The van der Waals surface area contributed by atoms with Gasteiger partial charge in [-0.25, -0.2) is 13.1 Å². The van der Waals surface area contributed by atoms with Crippen LogP contribution in [0.4, 0.5) is 5.69 Å². The molecule has 0 saturated carbocycles. The maximum Gasteiger partial charge on any atom is 0.276 e. The van der Waals surface area contributed by atoms with Crippen molar-refractivity contribution in [2.24, 2.45) is 0 Å². The highest BCUT2D eigenvalue weighted by molar-refractivity contribution is 7.90. The van der Waals surface area contributed by atoms with Crippen LogP contribution in [0.5, 0.6) is 5.75 Å². The highest BCUT2D eigenvalue weighted by Crippen LogP contribution is 2.32. The summed E-state index contributed by atoms with van der Waals surface area (Å²) in [6.07, 6.45) is 1.17. The molecule has 8 nitrogen and oxygen atoms in total. The lowest BCUT2D eigenvalue weighted by atomic mass is 10.2. The minimum Gasteiger partial charge on any atom is -0.478 e. The molecule has 0 saturated heterocycles. The molecule has 0 aliphatic carbocycles. The van der Waals surface area contributed by atoms with E-state index >= 15 is 0 Å². The number of hydrogen-bond acceptors (Lipinski definition) is 7. The van der Waals surface area contributed by atoms with Crippen LogP contribution in [0, 0.1) is 0 Å². The van der Waals surface area contributed by atoms with Gasteiger partial charge < -0.3 is 10.1 Å². The van der Waals surface area contributed by atoms with Gasteiger partial charge in [0.15, 0.2) is 6.10 Å². The van der Waals surface area contributed by atoms with Gasteiger partial charge >= 0.3 is 0 Å². The van der Waals surface area contributed by atoms with Gasteiger partial charge in [0.1, 0.15) is 10.6 Å². The van der Waals surface area contributed by atoms with E-state index in [0.717, 1.165) is 11.3 Å². The summed E-state index contributed by atoms with van der Waals surface area (Å²) in [5.74, 6) is -0.719. The largest absolute Gasteiger partial charge is 0.478 e. The molecule has 1 aromatic heterocycles. The summed E-state index contributed by atoms with van der Waals surface area (Å²) in [7, 11) is -4.08. The van der Waals surface area contributed by atoms with Crippen LogP contribution in [-0.4, -0.2) is 31.3 Å². The first-order valence-electron chi connectivity index (χ1n) is 6.98. The number of carbonyl (C=O) groups is 2. The van der Waals surface area contributed by atoms with E-state index in [-0.39, 0.29) is 21.4 Å². The van der Waals surface area contributed by atoms with Gasteiger partial charge in [0.25, 0.3) is 21.8 Å². The molecule has 126 valence electrons. The lowest BCUT2D eigenvalue weighted by molar-refractivity contribution is -0.123. The number of nitrogens with one attached hydrogen (secondary N) is 2.